The smallest absolute Gasteiger partial charge is 0.337 e. The number of nitrogen functional groups attached to an aromatic ring is 1. The van der Waals surface area contributed by atoms with E-state index in [4.69, 9.17) is 10.8 Å². The number of nitrogens with two attached hydrogens (primary N) is 1. The molecule has 1 unspecified atom stereocenters. The molecule has 0 aliphatic rings. The van der Waals surface area contributed by atoms with E-state index in [0.717, 1.165) is 5.56 Å². The van der Waals surface area contributed by atoms with Crippen molar-refractivity contribution in [3.8, 4) is 0 Å². The number of anilines is 1. The molecular formula is C17H18NO6P. The van der Waals surface area contributed by atoms with Gasteiger partial charge in [0, 0.05) is 17.2 Å². The average molecular weight is 363 g/mol. The molecule has 0 aromatic heterocycles. The number of carboxylic acid groups (broad SMARTS) is 1. The molecule has 0 aliphatic heterocycles. The monoisotopic (exact) mass is 363 g/mol. The van der Waals surface area contributed by atoms with Crippen LogP contribution in [0.2, 0.25) is 0 Å². The summed E-state index contributed by atoms with van der Waals surface area (Å²) in [6, 6.07) is 12.6. The number of rotatable bonds is 7. The maximum atomic E-state index is 12.7. The number of hydrogen-bond acceptors (Lipinski definition) is 4. The van der Waals surface area contributed by atoms with Gasteiger partial charge in [0.05, 0.1) is 11.7 Å². The van der Waals surface area contributed by atoms with Crippen LogP contribution in [0, 0.1) is 5.92 Å². The Hall–Kier alpha value is -2.47. The van der Waals surface area contributed by atoms with Gasteiger partial charge in [-0.3, -0.25) is 9.36 Å². The highest BCUT2D eigenvalue weighted by Gasteiger charge is 2.29. The maximum absolute atomic E-state index is 12.7. The number of benzene rings is 2. The standard InChI is InChI=1S/C17H18NO6P/c18-15-9-12(6-7-14(15)17(20)21)16(19)13(10-25(22,23)24)8-11-4-2-1-3-5-11/h1-7,9,13H,8,10,18H2,(H,20,21)(H2,22,23,24). The molecule has 0 saturated carbocycles. The molecule has 132 valence electrons. The Morgan fingerprint density at radius 3 is 2.24 bits per heavy atom. The van der Waals surface area contributed by atoms with Gasteiger partial charge in [-0.1, -0.05) is 36.4 Å². The second kappa shape index (κ2) is 7.61. The first-order valence-electron chi connectivity index (χ1n) is 7.43. The average Bonchev–Trinajstić information content (AvgIpc) is 2.52. The molecule has 0 spiro atoms. The first kappa shape index (κ1) is 18.9. The van der Waals surface area contributed by atoms with Gasteiger partial charge in [-0.2, -0.15) is 0 Å². The predicted octanol–water partition coefficient (Wildman–Crippen LogP) is 2.19. The Balaban J connectivity index is 2.33. The minimum Gasteiger partial charge on any atom is -0.478 e. The summed E-state index contributed by atoms with van der Waals surface area (Å²) < 4.78 is 11.4. The molecule has 2 aromatic carbocycles. The van der Waals surface area contributed by atoms with Crippen LogP contribution in [-0.2, 0) is 11.0 Å². The van der Waals surface area contributed by atoms with E-state index in [2.05, 4.69) is 0 Å². The molecule has 0 saturated heterocycles. The zero-order chi connectivity index (χ0) is 18.6. The summed E-state index contributed by atoms with van der Waals surface area (Å²) in [7, 11) is -4.42. The van der Waals surface area contributed by atoms with Gasteiger partial charge in [0.15, 0.2) is 5.78 Å². The van der Waals surface area contributed by atoms with Crippen molar-refractivity contribution in [2.24, 2.45) is 5.92 Å². The highest BCUT2D eigenvalue weighted by atomic mass is 31.2. The van der Waals surface area contributed by atoms with E-state index in [0.29, 0.717) is 0 Å². The van der Waals surface area contributed by atoms with Gasteiger partial charge < -0.3 is 20.6 Å². The summed E-state index contributed by atoms with van der Waals surface area (Å²) >= 11 is 0. The van der Waals surface area contributed by atoms with Crippen LogP contribution in [0.5, 0.6) is 0 Å². The quantitative estimate of drug-likeness (QED) is 0.336. The van der Waals surface area contributed by atoms with Gasteiger partial charge in [0.2, 0.25) is 0 Å². The molecule has 0 aliphatic carbocycles. The Morgan fingerprint density at radius 1 is 1.08 bits per heavy atom. The second-order valence-corrected chi connectivity index (χ2v) is 7.40. The van der Waals surface area contributed by atoms with E-state index in [-0.39, 0.29) is 23.2 Å². The highest BCUT2D eigenvalue weighted by molar-refractivity contribution is 7.51. The van der Waals surface area contributed by atoms with E-state index >= 15 is 0 Å². The molecule has 0 radical (unpaired) electrons. The van der Waals surface area contributed by atoms with E-state index in [9.17, 15) is 23.9 Å². The van der Waals surface area contributed by atoms with E-state index in [1.807, 2.05) is 0 Å². The summed E-state index contributed by atoms with van der Waals surface area (Å²) in [5.41, 5.74) is 6.33. The van der Waals surface area contributed by atoms with Crippen LogP contribution in [0.3, 0.4) is 0 Å². The van der Waals surface area contributed by atoms with Crippen LogP contribution in [-0.4, -0.2) is 32.8 Å². The Labute approximate surface area is 144 Å². The van der Waals surface area contributed by atoms with Crippen LogP contribution in [0.15, 0.2) is 48.5 Å². The number of aromatic carboxylic acids is 1. The second-order valence-electron chi connectivity index (χ2n) is 5.71. The Bertz CT molecular complexity index is 830. The van der Waals surface area contributed by atoms with Crippen LogP contribution >= 0.6 is 7.60 Å². The summed E-state index contributed by atoms with van der Waals surface area (Å²) in [5.74, 6) is -2.65. The van der Waals surface area contributed by atoms with E-state index in [1.54, 1.807) is 30.3 Å². The van der Waals surface area contributed by atoms with E-state index in [1.165, 1.54) is 18.2 Å². The summed E-state index contributed by atoms with van der Waals surface area (Å²) in [5, 5.41) is 8.98. The third kappa shape index (κ3) is 5.26. The summed E-state index contributed by atoms with van der Waals surface area (Å²) in [4.78, 5) is 42.3. The Morgan fingerprint density at radius 2 is 1.72 bits per heavy atom. The van der Waals surface area contributed by atoms with Gasteiger partial charge >= 0.3 is 13.6 Å². The van der Waals surface area contributed by atoms with Crippen molar-refractivity contribution >= 4 is 25.0 Å². The fraction of sp³-hybridized carbons (Fsp3) is 0.176. The number of carboxylic acids is 1. The van der Waals surface area contributed by atoms with Gasteiger partial charge in [-0.25, -0.2) is 4.79 Å². The van der Waals surface area contributed by atoms with Gasteiger partial charge in [0.25, 0.3) is 0 Å². The SMILES string of the molecule is Nc1cc(C(=O)C(Cc2ccccc2)CP(=O)(O)O)ccc1C(=O)O. The molecule has 7 nitrogen and oxygen atoms in total. The first-order valence-corrected chi connectivity index (χ1v) is 9.22. The maximum Gasteiger partial charge on any atom is 0.337 e. The highest BCUT2D eigenvalue weighted by Crippen LogP contribution is 2.38. The van der Waals surface area contributed by atoms with Crippen molar-refractivity contribution in [3.05, 3.63) is 65.2 Å². The van der Waals surface area contributed by atoms with Crippen LogP contribution in [0.4, 0.5) is 5.69 Å². The number of ketones is 1. The molecule has 5 N–H and O–H groups in total. The number of carbonyl (C=O) groups is 2. The summed E-state index contributed by atoms with van der Waals surface area (Å²) in [6.45, 7) is 0. The lowest BCUT2D eigenvalue weighted by molar-refractivity contribution is 0.0697. The largest absolute Gasteiger partial charge is 0.478 e. The minimum absolute atomic E-state index is 0.0759. The zero-order valence-corrected chi connectivity index (χ0v) is 14.1. The molecule has 1 atom stereocenters. The van der Waals surface area contributed by atoms with Crippen molar-refractivity contribution in [1.29, 1.82) is 0 Å². The lowest BCUT2D eigenvalue weighted by Gasteiger charge is -2.17. The number of hydrogen-bond donors (Lipinski definition) is 4. The molecule has 0 amide bonds. The topological polar surface area (TPSA) is 138 Å². The molecule has 2 rings (SSSR count). The fourth-order valence-corrected chi connectivity index (χ4v) is 3.44. The molecule has 0 heterocycles. The Kier molecular flexibility index (Phi) is 5.74. The van der Waals surface area contributed by atoms with Crippen molar-refractivity contribution in [3.63, 3.8) is 0 Å². The number of Topliss-reactive ketones (excluding diaryl/α,β-unsaturated/α-hetero) is 1. The molecule has 0 fully saturated rings. The van der Waals surface area contributed by atoms with Gasteiger partial charge in [0.1, 0.15) is 0 Å². The first-order chi connectivity index (χ1) is 11.7. The minimum atomic E-state index is -4.42. The molecular weight excluding hydrogens is 345 g/mol. The van der Waals surface area contributed by atoms with Gasteiger partial charge in [-0.15, -0.1) is 0 Å². The predicted molar refractivity (Wildman–Crippen MR) is 92.7 cm³/mol. The number of carbonyl (C=O) groups excluding carboxylic acids is 1. The molecule has 0 bridgehead atoms. The van der Waals surface area contributed by atoms with Crippen LogP contribution in [0.1, 0.15) is 26.3 Å². The normalized spacial score (nSPS) is 12.6. The zero-order valence-electron chi connectivity index (χ0n) is 13.2. The van der Waals surface area contributed by atoms with Crippen molar-refractivity contribution in [2.75, 3.05) is 11.9 Å². The van der Waals surface area contributed by atoms with Gasteiger partial charge in [-0.05, 0) is 24.1 Å². The lowest BCUT2D eigenvalue weighted by atomic mass is 9.92. The third-order valence-electron chi connectivity index (χ3n) is 3.72. The molecule has 2 aromatic rings. The third-order valence-corrected chi connectivity index (χ3v) is 4.64. The molecule has 25 heavy (non-hydrogen) atoms. The summed E-state index contributed by atoms with van der Waals surface area (Å²) in [6.07, 6.45) is -0.438. The lowest BCUT2D eigenvalue weighted by Crippen LogP contribution is -2.22. The van der Waals surface area contributed by atoms with Crippen molar-refractivity contribution in [2.45, 2.75) is 6.42 Å². The van der Waals surface area contributed by atoms with Crippen LogP contribution in [0.25, 0.3) is 0 Å². The van der Waals surface area contributed by atoms with Crippen molar-refractivity contribution in [1.82, 2.24) is 0 Å². The van der Waals surface area contributed by atoms with Crippen molar-refractivity contribution < 1.29 is 29.0 Å². The fourth-order valence-electron chi connectivity index (χ4n) is 2.57. The van der Waals surface area contributed by atoms with Crippen LogP contribution < -0.4 is 5.73 Å². The molecule has 8 heteroatoms. The van der Waals surface area contributed by atoms with E-state index < -0.39 is 31.4 Å².